The summed E-state index contributed by atoms with van der Waals surface area (Å²) in [5.41, 5.74) is 5.27. The van der Waals surface area contributed by atoms with Gasteiger partial charge >= 0.3 is 0 Å². The van der Waals surface area contributed by atoms with Gasteiger partial charge in [-0.1, -0.05) is 0 Å². The van der Waals surface area contributed by atoms with E-state index in [1.165, 1.54) is 6.20 Å². The van der Waals surface area contributed by atoms with Crippen molar-refractivity contribution in [3.8, 4) is 0 Å². The van der Waals surface area contributed by atoms with Crippen molar-refractivity contribution in [1.82, 2.24) is 4.98 Å². The van der Waals surface area contributed by atoms with E-state index < -0.39 is 13.0 Å². The zero-order valence-electron chi connectivity index (χ0n) is 7.58. The van der Waals surface area contributed by atoms with Gasteiger partial charge in [0, 0.05) is 6.42 Å². The molecule has 4 nitrogen and oxygen atoms in total. The van der Waals surface area contributed by atoms with E-state index in [0.717, 1.165) is 0 Å². The lowest BCUT2D eigenvalue weighted by atomic mass is 10.4. The van der Waals surface area contributed by atoms with Crippen LogP contribution in [0.25, 0.3) is 0 Å². The predicted molar refractivity (Wildman–Crippen MR) is 44.9 cm³/mol. The van der Waals surface area contributed by atoms with Crippen LogP contribution in [0.15, 0.2) is 10.6 Å². The van der Waals surface area contributed by atoms with Gasteiger partial charge in [-0.25, -0.2) is 13.8 Å². The summed E-state index contributed by atoms with van der Waals surface area (Å²) >= 11 is 0. The Balaban J connectivity index is 2.18. The zero-order valence-corrected chi connectivity index (χ0v) is 7.58. The van der Waals surface area contributed by atoms with E-state index in [-0.39, 0.29) is 13.2 Å². The lowest BCUT2D eigenvalue weighted by Gasteiger charge is -2.00. The highest BCUT2D eigenvalue weighted by molar-refractivity contribution is 4.93. The molecule has 1 aromatic heterocycles. The molecule has 14 heavy (non-hydrogen) atoms. The van der Waals surface area contributed by atoms with E-state index in [1.54, 1.807) is 0 Å². The summed E-state index contributed by atoms with van der Waals surface area (Å²) in [5.74, 6) is 1.04. The van der Waals surface area contributed by atoms with Gasteiger partial charge in [-0.3, -0.25) is 0 Å². The maximum atomic E-state index is 11.6. The maximum Gasteiger partial charge on any atom is 0.261 e. The van der Waals surface area contributed by atoms with Crippen LogP contribution in [0.1, 0.15) is 11.7 Å². The number of ether oxygens (including phenoxy) is 1. The summed E-state index contributed by atoms with van der Waals surface area (Å²) in [6.45, 7) is -0.112. The van der Waals surface area contributed by atoms with Gasteiger partial charge in [0.2, 0.25) is 5.89 Å². The molecule has 0 saturated carbocycles. The lowest BCUT2D eigenvalue weighted by molar-refractivity contribution is 0.0176. The SMILES string of the molecule is NCc1ncc(CCOCC(F)F)o1. The molecule has 0 bridgehead atoms. The van der Waals surface area contributed by atoms with E-state index >= 15 is 0 Å². The van der Waals surface area contributed by atoms with Gasteiger partial charge in [0.05, 0.1) is 19.3 Å². The van der Waals surface area contributed by atoms with Crippen LogP contribution in [0.5, 0.6) is 0 Å². The molecule has 0 aliphatic rings. The van der Waals surface area contributed by atoms with Gasteiger partial charge in [0.25, 0.3) is 6.43 Å². The number of hydrogen-bond donors (Lipinski definition) is 1. The second-order valence-electron chi connectivity index (χ2n) is 2.64. The number of aromatic nitrogens is 1. The Morgan fingerprint density at radius 1 is 1.57 bits per heavy atom. The first kappa shape index (κ1) is 11.1. The quantitative estimate of drug-likeness (QED) is 0.704. The van der Waals surface area contributed by atoms with Gasteiger partial charge in [-0.05, 0) is 0 Å². The number of nitrogens with two attached hydrogens (primary N) is 1. The average molecular weight is 206 g/mol. The molecule has 1 aromatic rings. The van der Waals surface area contributed by atoms with Crippen molar-refractivity contribution in [3.63, 3.8) is 0 Å². The topological polar surface area (TPSA) is 61.3 Å². The van der Waals surface area contributed by atoms with Gasteiger partial charge < -0.3 is 14.9 Å². The highest BCUT2D eigenvalue weighted by Crippen LogP contribution is 2.04. The van der Waals surface area contributed by atoms with Crippen LogP contribution >= 0.6 is 0 Å². The molecule has 0 unspecified atom stereocenters. The fourth-order valence-electron chi connectivity index (χ4n) is 0.903. The van der Waals surface area contributed by atoms with Gasteiger partial charge in [-0.15, -0.1) is 0 Å². The molecule has 0 fully saturated rings. The van der Waals surface area contributed by atoms with Crippen molar-refractivity contribution in [1.29, 1.82) is 0 Å². The largest absolute Gasteiger partial charge is 0.444 e. The van der Waals surface area contributed by atoms with Crippen LogP contribution in [0.2, 0.25) is 0 Å². The molecule has 0 amide bonds. The Bertz CT molecular complexity index is 266. The monoisotopic (exact) mass is 206 g/mol. The molecule has 0 saturated heterocycles. The second-order valence-corrected chi connectivity index (χ2v) is 2.64. The molecule has 0 aliphatic heterocycles. The minimum absolute atomic E-state index is 0.198. The van der Waals surface area contributed by atoms with Gasteiger partial charge in [0.1, 0.15) is 12.4 Å². The summed E-state index contributed by atoms with van der Waals surface area (Å²) in [4.78, 5) is 3.85. The third-order valence-electron chi connectivity index (χ3n) is 1.51. The number of halogens is 2. The van der Waals surface area contributed by atoms with Crippen LogP contribution in [-0.4, -0.2) is 24.6 Å². The Hall–Kier alpha value is -1.01. The van der Waals surface area contributed by atoms with Crippen molar-refractivity contribution in [2.45, 2.75) is 19.4 Å². The summed E-state index contributed by atoms with van der Waals surface area (Å²) in [6, 6.07) is 0. The van der Waals surface area contributed by atoms with Crippen molar-refractivity contribution < 1.29 is 17.9 Å². The highest BCUT2D eigenvalue weighted by atomic mass is 19.3. The normalized spacial score (nSPS) is 11.1. The number of hydrogen-bond acceptors (Lipinski definition) is 4. The number of rotatable bonds is 6. The van der Waals surface area contributed by atoms with E-state index in [2.05, 4.69) is 9.72 Å². The summed E-state index contributed by atoms with van der Waals surface area (Å²) in [7, 11) is 0. The second kappa shape index (κ2) is 5.66. The Morgan fingerprint density at radius 3 is 2.93 bits per heavy atom. The third kappa shape index (κ3) is 3.80. The Morgan fingerprint density at radius 2 is 2.36 bits per heavy atom. The van der Waals surface area contributed by atoms with Gasteiger partial charge in [-0.2, -0.15) is 0 Å². The first-order valence-electron chi connectivity index (χ1n) is 4.22. The first-order valence-corrected chi connectivity index (χ1v) is 4.22. The smallest absolute Gasteiger partial charge is 0.261 e. The molecule has 1 rings (SSSR count). The molecule has 0 atom stereocenters. The standard InChI is InChI=1S/C8H12F2N2O2/c9-7(10)5-13-2-1-6-4-12-8(3-11)14-6/h4,7H,1-3,5,11H2. The number of oxazole rings is 1. The predicted octanol–water partition coefficient (Wildman–Crippen LogP) is 0.958. The summed E-state index contributed by atoms with van der Waals surface area (Å²) in [5, 5.41) is 0. The minimum atomic E-state index is -2.43. The maximum absolute atomic E-state index is 11.6. The first-order chi connectivity index (χ1) is 6.72. The van der Waals surface area contributed by atoms with Crippen molar-refractivity contribution in [3.05, 3.63) is 17.8 Å². The lowest BCUT2D eigenvalue weighted by Crippen LogP contribution is -2.06. The van der Waals surface area contributed by atoms with Gasteiger partial charge in [0.15, 0.2) is 0 Å². The number of alkyl halides is 2. The summed E-state index contributed by atoms with van der Waals surface area (Å²) in [6.07, 6.45) is -0.475. The fourth-order valence-corrected chi connectivity index (χ4v) is 0.903. The van der Waals surface area contributed by atoms with Crippen LogP contribution < -0.4 is 5.73 Å². The number of nitrogens with zero attached hydrogens (tertiary/aromatic N) is 1. The molecular weight excluding hydrogens is 194 g/mol. The van der Waals surface area contributed by atoms with Crippen molar-refractivity contribution in [2.75, 3.05) is 13.2 Å². The van der Waals surface area contributed by atoms with E-state index in [1.807, 2.05) is 0 Å². The molecule has 6 heteroatoms. The molecule has 80 valence electrons. The van der Waals surface area contributed by atoms with E-state index in [0.29, 0.717) is 18.1 Å². The summed E-state index contributed by atoms with van der Waals surface area (Å²) < 4.78 is 33.1. The Kier molecular flexibility index (Phi) is 4.48. The van der Waals surface area contributed by atoms with Crippen LogP contribution in [-0.2, 0) is 17.7 Å². The van der Waals surface area contributed by atoms with Crippen molar-refractivity contribution >= 4 is 0 Å². The minimum Gasteiger partial charge on any atom is -0.444 e. The van der Waals surface area contributed by atoms with Crippen LogP contribution in [0.4, 0.5) is 8.78 Å². The molecule has 1 heterocycles. The van der Waals surface area contributed by atoms with Crippen LogP contribution in [0, 0.1) is 0 Å². The fraction of sp³-hybridized carbons (Fsp3) is 0.625. The highest BCUT2D eigenvalue weighted by Gasteiger charge is 2.04. The molecule has 0 aliphatic carbocycles. The molecule has 2 N–H and O–H groups in total. The molecule has 0 spiro atoms. The molecule has 0 aromatic carbocycles. The van der Waals surface area contributed by atoms with E-state index in [4.69, 9.17) is 10.2 Å². The average Bonchev–Trinajstić information content (AvgIpc) is 2.60. The third-order valence-corrected chi connectivity index (χ3v) is 1.51. The van der Waals surface area contributed by atoms with Crippen molar-refractivity contribution in [2.24, 2.45) is 5.73 Å². The van der Waals surface area contributed by atoms with Crippen LogP contribution in [0.3, 0.4) is 0 Å². The molecule has 0 radical (unpaired) electrons. The van der Waals surface area contributed by atoms with E-state index in [9.17, 15) is 8.78 Å². The zero-order chi connectivity index (χ0) is 10.4. The Labute approximate surface area is 80.1 Å². The molecular formula is C8H12F2N2O2.